The normalized spacial score (nSPS) is 17.5. The molecule has 0 fully saturated rings. The molecule has 116 valence electrons. The van der Waals surface area contributed by atoms with Gasteiger partial charge in [0.2, 0.25) is 5.91 Å². The molecule has 0 saturated heterocycles. The first-order chi connectivity index (χ1) is 10.5. The Morgan fingerprint density at radius 3 is 2.91 bits per heavy atom. The summed E-state index contributed by atoms with van der Waals surface area (Å²) < 4.78 is 13.5. The highest BCUT2D eigenvalue weighted by Crippen LogP contribution is 2.31. The maximum absolute atomic E-state index is 13.5. The van der Waals surface area contributed by atoms with Crippen LogP contribution >= 0.6 is 11.3 Å². The van der Waals surface area contributed by atoms with Crippen molar-refractivity contribution < 1.29 is 9.18 Å². The van der Waals surface area contributed by atoms with Gasteiger partial charge in [0.25, 0.3) is 0 Å². The number of hydrogen-bond acceptors (Lipinski definition) is 3. The molecular weight excluding hydrogens is 299 g/mol. The highest BCUT2D eigenvalue weighted by molar-refractivity contribution is 7.11. The summed E-state index contributed by atoms with van der Waals surface area (Å²) in [7, 11) is 0. The second kappa shape index (κ2) is 5.80. The van der Waals surface area contributed by atoms with Crippen molar-refractivity contribution in [2.24, 2.45) is 0 Å². The third kappa shape index (κ3) is 2.77. The molecule has 0 bridgehead atoms. The molecule has 1 aliphatic rings. The topological polar surface area (TPSA) is 33.2 Å². The van der Waals surface area contributed by atoms with Crippen LogP contribution in [0.4, 0.5) is 4.39 Å². The molecule has 1 aliphatic heterocycles. The van der Waals surface area contributed by atoms with Crippen LogP contribution in [0.2, 0.25) is 0 Å². The van der Waals surface area contributed by atoms with Gasteiger partial charge in [-0.2, -0.15) is 0 Å². The number of rotatable bonds is 2. The Morgan fingerprint density at radius 1 is 1.45 bits per heavy atom. The smallest absolute Gasteiger partial charge is 0.228 e. The first-order valence-electron chi connectivity index (χ1n) is 7.46. The van der Waals surface area contributed by atoms with Crippen molar-refractivity contribution in [1.82, 2.24) is 9.88 Å². The van der Waals surface area contributed by atoms with Gasteiger partial charge in [-0.05, 0) is 50.5 Å². The molecule has 3 nitrogen and oxygen atoms in total. The Kier molecular flexibility index (Phi) is 4.00. The first kappa shape index (κ1) is 15.2. The van der Waals surface area contributed by atoms with Crippen LogP contribution < -0.4 is 0 Å². The standard InChI is InChI=1S/C17H19FN2OS/c1-10-16(22-12(3)19-10)9-17(21)20-7-6-13-4-5-14(18)8-15(13)11(20)2/h4-5,8,11H,6-7,9H2,1-3H3/t11-/m1/s1. The molecule has 0 saturated carbocycles. The number of fused-ring (bicyclic) bond motifs is 1. The molecule has 0 radical (unpaired) electrons. The van der Waals surface area contributed by atoms with Gasteiger partial charge in [0.1, 0.15) is 5.82 Å². The van der Waals surface area contributed by atoms with Crippen LogP contribution in [-0.4, -0.2) is 22.3 Å². The number of aromatic nitrogens is 1. The van der Waals surface area contributed by atoms with Gasteiger partial charge in [-0.1, -0.05) is 6.07 Å². The molecule has 2 heterocycles. The summed E-state index contributed by atoms with van der Waals surface area (Å²) >= 11 is 1.58. The fourth-order valence-electron chi connectivity index (χ4n) is 3.10. The maximum atomic E-state index is 13.5. The van der Waals surface area contributed by atoms with Gasteiger partial charge >= 0.3 is 0 Å². The number of aryl methyl sites for hydroxylation is 2. The van der Waals surface area contributed by atoms with E-state index in [9.17, 15) is 9.18 Å². The lowest BCUT2D eigenvalue weighted by atomic mass is 9.93. The predicted octanol–water partition coefficient (Wildman–Crippen LogP) is 3.59. The van der Waals surface area contributed by atoms with Crippen LogP contribution in [0.1, 0.15) is 39.7 Å². The molecule has 1 aromatic carbocycles. The lowest BCUT2D eigenvalue weighted by molar-refractivity contribution is -0.133. The Morgan fingerprint density at radius 2 is 2.23 bits per heavy atom. The Balaban J connectivity index is 1.81. The van der Waals surface area contributed by atoms with Crippen molar-refractivity contribution in [1.29, 1.82) is 0 Å². The molecule has 1 amide bonds. The monoisotopic (exact) mass is 318 g/mol. The number of halogens is 1. The first-order valence-corrected chi connectivity index (χ1v) is 8.28. The van der Waals surface area contributed by atoms with Crippen LogP contribution in [0.5, 0.6) is 0 Å². The zero-order chi connectivity index (χ0) is 15.9. The molecule has 0 N–H and O–H groups in total. The largest absolute Gasteiger partial charge is 0.335 e. The second-order valence-corrected chi connectivity index (χ2v) is 7.06. The zero-order valence-corrected chi connectivity index (χ0v) is 13.8. The Labute approximate surface area is 133 Å². The number of hydrogen-bond donors (Lipinski definition) is 0. The highest BCUT2D eigenvalue weighted by atomic mass is 32.1. The van der Waals surface area contributed by atoms with Gasteiger partial charge in [0, 0.05) is 11.4 Å². The van der Waals surface area contributed by atoms with E-state index in [0.717, 1.165) is 33.1 Å². The van der Waals surface area contributed by atoms with E-state index in [2.05, 4.69) is 4.98 Å². The minimum absolute atomic E-state index is 0.0822. The number of thiazole rings is 1. The maximum Gasteiger partial charge on any atom is 0.228 e. The van der Waals surface area contributed by atoms with Crippen LogP contribution in [0.25, 0.3) is 0 Å². The fourth-order valence-corrected chi connectivity index (χ4v) is 4.03. The summed E-state index contributed by atoms with van der Waals surface area (Å²) in [5, 5.41) is 0.986. The van der Waals surface area contributed by atoms with E-state index < -0.39 is 0 Å². The van der Waals surface area contributed by atoms with Gasteiger partial charge in [0.15, 0.2) is 0 Å². The number of carbonyl (C=O) groups is 1. The minimum Gasteiger partial charge on any atom is -0.335 e. The van der Waals surface area contributed by atoms with Crippen molar-refractivity contribution >= 4 is 17.2 Å². The van der Waals surface area contributed by atoms with Gasteiger partial charge in [-0.3, -0.25) is 4.79 Å². The average Bonchev–Trinajstić information content (AvgIpc) is 2.77. The molecule has 1 atom stereocenters. The van der Waals surface area contributed by atoms with Crippen molar-refractivity contribution in [3.05, 3.63) is 50.7 Å². The molecule has 0 unspecified atom stereocenters. The number of carbonyl (C=O) groups excluding carboxylic acids is 1. The lowest BCUT2D eigenvalue weighted by Crippen LogP contribution is -2.39. The predicted molar refractivity (Wildman–Crippen MR) is 85.5 cm³/mol. The zero-order valence-electron chi connectivity index (χ0n) is 13.0. The molecule has 0 spiro atoms. The molecule has 1 aromatic heterocycles. The molecule has 22 heavy (non-hydrogen) atoms. The van der Waals surface area contributed by atoms with E-state index in [1.165, 1.54) is 6.07 Å². The van der Waals surface area contributed by atoms with E-state index in [1.807, 2.05) is 31.7 Å². The quantitative estimate of drug-likeness (QED) is 0.848. The van der Waals surface area contributed by atoms with Crippen molar-refractivity contribution in [3.63, 3.8) is 0 Å². The lowest BCUT2D eigenvalue weighted by Gasteiger charge is -2.35. The highest BCUT2D eigenvalue weighted by Gasteiger charge is 2.28. The second-order valence-electron chi connectivity index (χ2n) is 5.77. The summed E-state index contributed by atoms with van der Waals surface area (Å²) in [6.45, 7) is 6.56. The summed E-state index contributed by atoms with van der Waals surface area (Å²) in [5.74, 6) is -0.150. The summed E-state index contributed by atoms with van der Waals surface area (Å²) in [5.41, 5.74) is 3.01. The van der Waals surface area contributed by atoms with Crippen LogP contribution in [0.15, 0.2) is 18.2 Å². The molecule has 5 heteroatoms. The van der Waals surface area contributed by atoms with E-state index in [-0.39, 0.29) is 17.8 Å². The van der Waals surface area contributed by atoms with E-state index in [1.54, 1.807) is 17.4 Å². The van der Waals surface area contributed by atoms with Gasteiger partial charge in [-0.15, -0.1) is 11.3 Å². The number of nitrogens with zero attached hydrogens (tertiary/aromatic N) is 2. The van der Waals surface area contributed by atoms with Crippen LogP contribution in [0.3, 0.4) is 0 Å². The van der Waals surface area contributed by atoms with Gasteiger partial charge < -0.3 is 4.90 Å². The van der Waals surface area contributed by atoms with E-state index >= 15 is 0 Å². The average molecular weight is 318 g/mol. The molecular formula is C17H19FN2OS. The fraction of sp³-hybridized carbons (Fsp3) is 0.412. The number of benzene rings is 1. The van der Waals surface area contributed by atoms with Crippen LogP contribution in [-0.2, 0) is 17.6 Å². The minimum atomic E-state index is -0.242. The van der Waals surface area contributed by atoms with Gasteiger partial charge in [0.05, 0.1) is 23.2 Å². The molecule has 3 rings (SSSR count). The molecule has 0 aliphatic carbocycles. The van der Waals surface area contributed by atoms with Crippen molar-refractivity contribution in [2.45, 2.75) is 39.7 Å². The SMILES string of the molecule is Cc1nc(C)c(CC(=O)N2CCc3ccc(F)cc3[C@H]2C)s1. The number of amides is 1. The third-order valence-corrected chi connectivity index (χ3v) is 5.35. The summed E-state index contributed by atoms with van der Waals surface area (Å²) in [6.07, 6.45) is 1.17. The molecule has 2 aromatic rings. The van der Waals surface area contributed by atoms with Crippen molar-refractivity contribution in [3.8, 4) is 0 Å². The summed E-state index contributed by atoms with van der Waals surface area (Å²) in [6, 6.07) is 4.80. The Hall–Kier alpha value is -1.75. The van der Waals surface area contributed by atoms with E-state index in [0.29, 0.717) is 13.0 Å². The van der Waals surface area contributed by atoms with Gasteiger partial charge in [-0.25, -0.2) is 9.37 Å². The Bertz CT molecular complexity index is 725. The summed E-state index contributed by atoms with van der Waals surface area (Å²) in [4.78, 5) is 19.9. The third-order valence-electron chi connectivity index (χ3n) is 4.28. The van der Waals surface area contributed by atoms with Crippen molar-refractivity contribution in [2.75, 3.05) is 6.54 Å². The van der Waals surface area contributed by atoms with Crippen LogP contribution in [0, 0.1) is 19.7 Å². The van der Waals surface area contributed by atoms with E-state index in [4.69, 9.17) is 0 Å².